The second-order valence-electron chi connectivity index (χ2n) is 3.76. The Kier molecular flexibility index (Phi) is 3.27. The van der Waals surface area contributed by atoms with Crippen LogP contribution < -0.4 is 0 Å². The molecule has 2 nitrogen and oxygen atoms in total. The second-order valence-corrected chi connectivity index (χ2v) is 3.76. The lowest BCUT2D eigenvalue weighted by Gasteiger charge is -2.26. The highest BCUT2D eigenvalue weighted by Crippen LogP contribution is 2.27. The highest BCUT2D eigenvalue weighted by Gasteiger charge is 2.23. The smallest absolute Gasteiger partial charge is 0.0991 e. The maximum Gasteiger partial charge on any atom is 0.0991 e. The molecule has 74 valence electrons. The van der Waals surface area contributed by atoms with Gasteiger partial charge in [0.25, 0.3) is 0 Å². The van der Waals surface area contributed by atoms with Gasteiger partial charge in [-0.25, -0.2) is 0 Å². The van der Waals surface area contributed by atoms with Crippen LogP contribution in [0.1, 0.15) is 31.4 Å². The summed E-state index contributed by atoms with van der Waals surface area (Å²) >= 11 is 0. The molecule has 0 spiro atoms. The van der Waals surface area contributed by atoms with Gasteiger partial charge in [-0.1, -0.05) is 26.0 Å². The minimum absolute atomic E-state index is 0.110. The lowest BCUT2D eigenvalue weighted by molar-refractivity contribution is 0.201. The van der Waals surface area contributed by atoms with Crippen LogP contribution in [0.2, 0.25) is 0 Å². The van der Waals surface area contributed by atoms with Gasteiger partial charge in [0.05, 0.1) is 18.2 Å². The number of rotatable bonds is 3. The summed E-state index contributed by atoms with van der Waals surface area (Å²) in [6.07, 6.45) is 0.860. The van der Waals surface area contributed by atoms with E-state index in [1.807, 2.05) is 32.0 Å². The SMILES string of the molecule is CCC(C)(CO)c1cccc(C#N)c1. The molecule has 0 bridgehead atoms. The van der Waals surface area contributed by atoms with E-state index in [9.17, 15) is 5.11 Å². The van der Waals surface area contributed by atoms with Crippen molar-refractivity contribution in [2.45, 2.75) is 25.7 Å². The number of aliphatic hydroxyl groups excluding tert-OH is 1. The van der Waals surface area contributed by atoms with Crippen LogP contribution in [0.3, 0.4) is 0 Å². The Hall–Kier alpha value is -1.33. The Morgan fingerprint density at radius 3 is 2.71 bits per heavy atom. The van der Waals surface area contributed by atoms with Crippen LogP contribution in [0.4, 0.5) is 0 Å². The van der Waals surface area contributed by atoms with Crippen LogP contribution in [-0.4, -0.2) is 11.7 Å². The third-order valence-electron chi connectivity index (χ3n) is 2.82. The molecule has 0 radical (unpaired) electrons. The molecule has 14 heavy (non-hydrogen) atoms. The molecule has 0 heterocycles. The fraction of sp³-hybridized carbons (Fsp3) is 0.417. The van der Waals surface area contributed by atoms with Crippen LogP contribution >= 0.6 is 0 Å². The molecule has 0 aliphatic carbocycles. The Bertz CT molecular complexity index is 348. The lowest BCUT2D eigenvalue weighted by atomic mass is 9.80. The second kappa shape index (κ2) is 4.26. The molecule has 0 aliphatic rings. The van der Waals surface area contributed by atoms with Crippen LogP contribution in [0, 0.1) is 11.3 Å². The summed E-state index contributed by atoms with van der Waals surface area (Å²) in [5, 5.41) is 18.1. The summed E-state index contributed by atoms with van der Waals surface area (Å²) in [5.41, 5.74) is 1.45. The van der Waals surface area contributed by atoms with Crippen molar-refractivity contribution in [1.82, 2.24) is 0 Å². The number of hydrogen-bond donors (Lipinski definition) is 1. The number of nitriles is 1. The van der Waals surface area contributed by atoms with Crippen LogP contribution in [0.15, 0.2) is 24.3 Å². The highest BCUT2D eigenvalue weighted by atomic mass is 16.3. The molecule has 1 aromatic rings. The molecule has 1 atom stereocenters. The van der Waals surface area contributed by atoms with Crippen molar-refractivity contribution in [3.05, 3.63) is 35.4 Å². The van der Waals surface area contributed by atoms with Crippen molar-refractivity contribution in [3.63, 3.8) is 0 Å². The van der Waals surface area contributed by atoms with Crippen molar-refractivity contribution in [2.75, 3.05) is 6.61 Å². The standard InChI is InChI=1S/C12H15NO/c1-3-12(2,9-14)11-6-4-5-10(7-11)8-13/h4-7,14H,3,9H2,1-2H3. The molecular weight excluding hydrogens is 174 g/mol. The van der Waals surface area contributed by atoms with Gasteiger partial charge in [-0.05, 0) is 24.1 Å². The maximum atomic E-state index is 9.32. The Labute approximate surface area is 84.8 Å². The summed E-state index contributed by atoms with van der Waals surface area (Å²) in [6.45, 7) is 4.15. The molecule has 0 saturated heterocycles. The van der Waals surface area contributed by atoms with E-state index in [1.54, 1.807) is 6.07 Å². The van der Waals surface area contributed by atoms with Crippen molar-refractivity contribution < 1.29 is 5.11 Å². The lowest BCUT2D eigenvalue weighted by Crippen LogP contribution is -2.25. The number of benzene rings is 1. The molecule has 0 saturated carbocycles. The number of nitrogens with zero attached hydrogens (tertiary/aromatic N) is 1. The first-order chi connectivity index (χ1) is 6.66. The Balaban J connectivity index is 3.12. The van der Waals surface area contributed by atoms with E-state index >= 15 is 0 Å². The van der Waals surface area contributed by atoms with Gasteiger partial charge in [-0.15, -0.1) is 0 Å². The maximum absolute atomic E-state index is 9.32. The molecule has 2 heteroatoms. The van der Waals surface area contributed by atoms with Gasteiger partial charge in [0.2, 0.25) is 0 Å². The first-order valence-corrected chi connectivity index (χ1v) is 4.78. The predicted molar refractivity (Wildman–Crippen MR) is 55.9 cm³/mol. The molecule has 0 amide bonds. The summed E-state index contributed by atoms with van der Waals surface area (Å²) < 4.78 is 0. The van der Waals surface area contributed by atoms with Gasteiger partial charge >= 0.3 is 0 Å². The van der Waals surface area contributed by atoms with Gasteiger partial charge in [0, 0.05) is 5.41 Å². The van der Waals surface area contributed by atoms with E-state index in [-0.39, 0.29) is 12.0 Å². The minimum Gasteiger partial charge on any atom is -0.395 e. The summed E-state index contributed by atoms with van der Waals surface area (Å²) in [6, 6.07) is 9.55. The first kappa shape index (κ1) is 10.7. The van der Waals surface area contributed by atoms with Crippen LogP contribution in [-0.2, 0) is 5.41 Å². The van der Waals surface area contributed by atoms with Crippen molar-refractivity contribution in [3.8, 4) is 6.07 Å². The molecule has 0 aromatic heterocycles. The Morgan fingerprint density at radius 2 is 2.21 bits per heavy atom. The Morgan fingerprint density at radius 1 is 1.50 bits per heavy atom. The van der Waals surface area contributed by atoms with Crippen molar-refractivity contribution >= 4 is 0 Å². The van der Waals surface area contributed by atoms with Gasteiger partial charge in [0.15, 0.2) is 0 Å². The molecule has 1 unspecified atom stereocenters. The van der Waals surface area contributed by atoms with Gasteiger partial charge in [-0.2, -0.15) is 5.26 Å². The zero-order chi connectivity index (χ0) is 10.6. The summed E-state index contributed by atoms with van der Waals surface area (Å²) in [4.78, 5) is 0. The fourth-order valence-corrected chi connectivity index (χ4v) is 1.37. The zero-order valence-electron chi connectivity index (χ0n) is 8.62. The van der Waals surface area contributed by atoms with E-state index in [2.05, 4.69) is 6.07 Å². The summed E-state index contributed by atoms with van der Waals surface area (Å²) in [5.74, 6) is 0. The fourth-order valence-electron chi connectivity index (χ4n) is 1.37. The largest absolute Gasteiger partial charge is 0.395 e. The zero-order valence-corrected chi connectivity index (χ0v) is 8.62. The molecule has 1 aromatic carbocycles. The third kappa shape index (κ3) is 1.94. The summed E-state index contributed by atoms with van der Waals surface area (Å²) in [7, 11) is 0. The topological polar surface area (TPSA) is 44.0 Å². The number of hydrogen-bond acceptors (Lipinski definition) is 2. The predicted octanol–water partition coefficient (Wildman–Crippen LogP) is 2.22. The molecule has 0 fully saturated rings. The number of aliphatic hydroxyl groups is 1. The molecular formula is C12H15NO. The van der Waals surface area contributed by atoms with E-state index in [0.717, 1.165) is 12.0 Å². The third-order valence-corrected chi connectivity index (χ3v) is 2.82. The van der Waals surface area contributed by atoms with Crippen LogP contribution in [0.5, 0.6) is 0 Å². The molecule has 1 N–H and O–H groups in total. The monoisotopic (exact) mass is 189 g/mol. The molecule has 1 rings (SSSR count). The van der Waals surface area contributed by atoms with Crippen LogP contribution in [0.25, 0.3) is 0 Å². The molecule has 0 aliphatic heterocycles. The van der Waals surface area contributed by atoms with E-state index in [0.29, 0.717) is 5.56 Å². The van der Waals surface area contributed by atoms with Gasteiger partial charge in [0.1, 0.15) is 0 Å². The van der Waals surface area contributed by atoms with E-state index < -0.39 is 0 Å². The average Bonchev–Trinajstić information content (AvgIpc) is 2.28. The van der Waals surface area contributed by atoms with Crippen molar-refractivity contribution in [2.24, 2.45) is 0 Å². The minimum atomic E-state index is -0.229. The quantitative estimate of drug-likeness (QED) is 0.792. The average molecular weight is 189 g/mol. The van der Waals surface area contributed by atoms with E-state index in [1.165, 1.54) is 0 Å². The van der Waals surface area contributed by atoms with Gasteiger partial charge < -0.3 is 5.11 Å². The van der Waals surface area contributed by atoms with E-state index in [4.69, 9.17) is 5.26 Å². The van der Waals surface area contributed by atoms with Crippen molar-refractivity contribution in [1.29, 1.82) is 5.26 Å². The highest BCUT2D eigenvalue weighted by molar-refractivity contribution is 5.36. The normalized spacial score (nSPS) is 14.4. The first-order valence-electron chi connectivity index (χ1n) is 4.78. The van der Waals surface area contributed by atoms with Gasteiger partial charge in [-0.3, -0.25) is 0 Å².